The second-order valence-electron chi connectivity index (χ2n) is 6.25. The van der Waals surface area contributed by atoms with Gasteiger partial charge >= 0.3 is 0 Å². The minimum atomic E-state index is -0.131. The molecule has 0 radical (unpaired) electrons. The minimum absolute atomic E-state index is 0.0798. The van der Waals surface area contributed by atoms with Crippen LogP contribution in [-0.4, -0.2) is 44.6 Å². The lowest BCUT2D eigenvalue weighted by atomic mass is 9.99. The molecule has 0 spiro atoms. The molecule has 1 aliphatic rings. The predicted octanol–water partition coefficient (Wildman–Crippen LogP) is 2.77. The molecular weight excluding hydrogens is 304 g/mol. The monoisotopic (exact) mass is 326 g/mol. The lowest BCUT2D eigenvalue weighted by Gasteiger charge is -2.29. The number of rotatable bonds is 4. The highest BCUT2D eigenvalue weighted by Crippen LogP contribution is 2.23. The van der Waals surface area contributed by atoms with Crippen LogP contribution in [0.2, 0.25) is 0 Å². The second kappa shape index (κ2) is 7.38. The lowest BCUT2D eigenvalue weighted by Crippen LogP contribution is -2.41. The number of nitrogens with one attached hydrogen (secondary N) is 1. The quantitative estimate of drug-likeness (QED) is 0.876. The number of aromatic amines is 1. The molecule has 6 heteroatoms. The Morgan fingerprint density at radius 2 is 1.96 bits per heavy atom. The minimum Gasteiger partial charge on any atom is -0.334 e. The molecule has 1 saturated heterocycles. The van der Waals surface area contributed by atoms with E-state index in [0.717, 1.165) is 25.7 Å². The van der Waals surface area contributed by atoms with Crippen LogP contribution in [0.4, 0.5) is 0 Å². The van der Waals surface area contributed by atoms with Crippen LogP contribution in [-0.2, 0) is 0 Å². The van der Waals surface area contributed by atoms with Gasteiger partial charge in [0, 0.05) is 24.6 Å². The number of carbonyl (C=O) groups excluding carboxylic acids is 2. The predicted molar refractivity (Wildman–Crippen MR) is 89.8 cm³/mol. The summed E-state index contributed by atoms with van der Waals surface area (Å²) in [6.45, 7) is 2.43. The number of benzene rings is 1. The molecule has 6 nitrogen and oxygen atoms in total. The first-order valence-electron chi connectivity index (χ1n) is 8.43. The van der Waals surface area contributed by atoms with Gasteiger partial charge in [-0.1, -0.05) is 43.2 Å². The first-order chi connectivity index (χ1) is 11.7. The summed E-state index contributed by atoms with van der Waals surface area (Å²) in [4.78, 5) is 27.2. The van der Waals surface area contributed by atoms with Gasteiger partial charge in [-0.2, -0.15) is 15.4 Å². The molecule has 0 aliphatic carbocycles. The second-order valence-corrected chi connectivity index (χ2v) is 6.25. The molecule has 1 aromatic heterocycles. The van der Waals surface area contributed by atoms with Gasteiger partial charge in [0.25, 0.3) is 5.91 Å². The molecule has 0 unspecified atom stereocenters. The molecule has 126 valence electrons. The average molecular weight is 326 g/mol. The fraction of sp³-hybridized carbons (Fsp3) is 0.444. The maximum absolute atomic E-state index is 12.9. The topological polar surface area (TPSA) is 79.0 Å². The van der Waals surface area contributed by atoms with E-state index in [-0.39, 0.29) is 17.7 Å². The highest BCUT2D eigenvalue weighted by atomic mass is 16.2. The van der Waals surface area contributed by atoms with Gasteiger partial charge in [-0.15, -0.1) is 0 Å². The van der Waals surface area contributed by atoms with Gasteiger partial charge in [0.2, 0.25) is 0 Å². The summed E-state index contributed by atoms with van der Waals surface area (Å²) in [5.41, 5.74) is 1.65. The van der Waals surface area contributed by atoms with Crippen LogP contribution < -0.4 is 0 Å². The Hall–Kier alpha value is -2.50. The van der Waals surface area contributed by atoms with E-state index in [2.05, 4.69) is 15.4 Å². The molecule has 1 N–H and O–H groups in total. The zero-order valence-corrected chi connectivity index (χ0v) is 13.9. The van der Waals surface area contributed by atoms with E-state index in [1.807, 2.05) is 35.2 Å². The van der Waals surface area contributed by atoms with Crippen molar-refractivity contribution in [3.63, 3.8) is 0 Å². The van der Waals surface area contributed by atoms with Gasteiger partial charge in [0.1, 0.15) is 0 Å². The van der Waals surface area contributed by atoms with Crippen molar-refractivity contribution in [3.05, 3.63) is 47.3 Å². The van der Waals surface area contributed by atoms with Crippen LogP contribution in [0, 0.1) is 6.92 Å². The normalized spacial score (nSPS) is 18.2. The average Bonchev–Trinajstić information content (AvgIpc) is 2.89. The van der Waals surface area contributed by atoms with Gasteiger partial charge in [0.05, 0.1) is 5.69 Å². The van der Waals surface area contributed by atoms with E-state index in [1.165, 1.54) is 0 Å². The van der Waals surface area contributed by atoms with Crippen molar-refractivity contribution >= 4 is 11.7 Å². The van der Waals surface area contributed by atoms with E-state index in [0.29, 0.717) is 29.9 Å². The van der Waals surface area contributed by atoms with E-state index in [4.69, 9.17) is 0 Å². The number of Topliss-reactive ketones (excluding diaryl/α,β-unsaturated/α-hetero) is 1. The van der Waals surface area contributed by atoms with Crippen molar-refractivity contribution in [2.45, 2.75) is 45.1 Å². The van der Waals surface area contributed by atoms with Crippen LogP contribution >= 0.6 is 0 Å². The van der Waals surface area contributed by atoms with Crippen molar-refractivity contribution in [2.75, 3.05) is 6.54 Å². The van der Waals surface area contributed by atoms with Gasteiger partial charge in [0.15, 0.2) is 11.5 Å². The van der Waals surface area contributed by atoms with E-state index in [1.54, 1.807) is 6.92 Å². The number of nitrogens with zero attached hydrogens (tertiary/aromatic N) is 3. The number of aryl methyl sites for hydroxylation is 1. The fourth-order valence-electron chi connectivity index (χ4n) is 3.24. The zero-order valence-electron chi connectivity index (χ0n) is 13.9. The van der Waals surface area contributed by atoms with Crippen molar-refractivity contribution in [1.82, 2.24) is 20.3 Å². The first-order valence-corrected chi connectivity index (χ1v) is 8.43. The van der Waals surface area contributed by atoms with Crippen LogP contribution in [0.3, 0.4) is 0 Å². The molecule has 2 aromatic rings. The smallest absolute Gasteiger partial charge is 0.276 e. The number of likely N-dealkylation sites (tertiary alicyclic amines) is 1. The molecule has 1 aromatic carbocycles. The molecule has 24 heavy (non-hydrogen) atoms. The zero-order chi connectivity index (χ0) is 16.9. The van der Waals surface area contributed by atoms with Crippen LogP contribution in [0.15, 0.2) is 30.3 Å². The summed E-state index contributed by atoms with van der Waals surface area (Å²) >= 11 is 0. The SMILES string of the molecule is Cc1n[nH]nc1C(=O)N1CCCCC[C@H]1CC(=O)c1ccccc1. The summed E-state index contributed by atoms with van der Waals surface area (Å²) in [5.74, 6) is -0.0498. The van der Waals surface area contributed by atoms with Gasteiger partial charge in [-0.25, -0.2) is 0 Å². The maximum Gasteiger partial charge on any atom is 0.276 e. The fourth-order valence-corrected chi connectivity index (χ4v) is 3.24. The van der Waals surface area contributed by atoms with Crippen molar-refractivity contribution in [1.29, 1.82) is 0 Å². The summed E-state index contributed by atoms with van der Waals surface area (Å²) in [7, 11) is 0. The third kappa shape index (κ3) is 3.53. The summed E-state index contributed by atoms with van der Waals surface area (Å²) in [6.07, 6.45) is 4.28. The maximum atomic E-state index is 12.9. The van der Waals surface area contributed by atoms with E-state index < -0.39 is 0 Å². The number of ketones is 1. The van der Waals surface area contributed by atoms with Crippen LogP contribution in [0.5, 0.6) is 0 Å². The molecule has 2 heterocycles. The van der Waals surface area contributed by atoms with Crippen LogP contribution in [0.25, 0.3) is 0 Å². The number of hydrogen-bond donors (Lipinski definition) is 1. The Kier molecular flexibility index (Phi) is 5.03. The van der Waals surface area contributed by atoms with Crippen LogP contribution in [0.1, 0.15) is 58.6 Å². The Morgan fingerprint density at radius 1 is 1.17 bits per heavy atom. The molecule has 3 rings (SSSR count). The number of carbonyl (C=O) groups is 2. The van der Waals surface area contributed by atoms with E-state index in [9.17, 15) is 9.59 Å². The third-order valence-electron chi connectivity index (χ3n) is 4.58. The van der Waals surface area contributed by atoms with Crippen molar-refractivity contribution in [2.24, 2.45) is 0 Å². The summed E-state index contributed by atoms with van der Waals surface area (Å²) in [6, 6.07) is 9.19. The van der Waals surface area contributed by atoms with Gasteiger partial charge < -0.3 is 4.90 Å². The largest absolute Gasteiger partial charge is 0.334 e. The molecule has 0 bridgehead atoms. The van der Waals surface area contributed by atoms with Crippen molar-refractivity contribution < 1.29 is 9.59 Å². The Labute approximate surface area is 141 Å². The number of H-pyrrole nitrogens is 1. The highest BCUT2D eigenvalue weighted by Gasteiger charge is 2.30. The Balaban J connectivity index is 1.79. The van der Waals surface area contributed by atoms with Gasteiger partial charge in [-0.3, -0.25) is 9.59 Å². The number of hydrogen-bond acceptors (Lipinski definition) is 4. The number of amides is 1. The summed E-state index contributed by atoms with van der Waals surface area (Å²) in [5, 5.41) is 10.4. The molecule has 0 saturated carbocycles. The van der Waals surface area contributed by atoms with Crippen molar-refractivity contribution in [3.8, 4) is 0 Å². The summed E-state index contributed by atoms with van der Waals surface area (Å²) < 4.78 is 0. The standard InChI is InChI=1S/C18H22N4O2/c1-13-17(20-21-19-13)18(24)22-11-7-3-6-10-15(22)12-16(23)14-8-4-2-5-9-14/h2,4-5,8-9,15H,3,6-7,10-12H2,1H3,(H,19,20,21)/t15-/m0/s1. The first kappa shape index (κ1) is 16.4. The lowest BCUT2D eigenvalue weighted by molar-refractivity contribution is 0.0653. The van der Waals surface area contributed by atoms with E-state index >= 15 is 0 Å². The Morgan fingerprint density at radius 3 is 2.67 bits per heavy atom. The number of aromatic nitrogens is 3. The Bertz CT molecular complexity index is 711. The molecule has 1 aliphatic heterocycles. The third-order valence-corrected chi connectivity index (χ3v) is 4.58. The molecular formula is C18H22N4O2. The van der Waals surface area contributed by atoms with Gasteiger partial charge in [-0.05, 0) is 19.8 Å². The molecule has 1 atom stereocenters. The molecule has 1 amide bonds. The molecule has 1 fully saturated rings. The highest BCUT2D eigenvalue weighted by molar-refractivity contribution is 5.97.